The number of nitrogens with zero attached hydrogens (tertiary/aromatic N) is 4. The van der Waals surface area contributed by atoms with Crippen LogP contribution in [0.3, 0.4) is 0 Å². The molecule has 1 aromatic heterocycles. The number of carbonyl (C=O) groups excluding carboxylic acids is 2. The number of aromatic nitrogens is 2. The third-order valence-corrected chi connectivity index (χ3v) is 5.46. The van der Waals surface area contributed by atoms with Gasteiger partial charge in [0.25, 0.3) is 11.5 Å². The minimum atomic E-state index is -0.493. The molecule has 1 heterocycles. The van der Waals surface area contributed by atoms with Gasteiger partial charge in [0.2, 0.25) is 5.91 Å². The van der Waals surface area contributed by atoms with Gasteiger partial charge >= 0.3 is 5.69 Å². The molecule has 8 heteroatoms. The Balaban J connectivity index is 1.88. The second-order valence-electron chi connectivity index (χ2n) is 7.74. The molecule has 0 bridgehead atoms. The molecule has 0 aliphatic heterocycles. The molecule has 0 unspecified atom stereocenters. The predicted octanol–water partition coefficient (Wildman–Crippen LogP) is 1.93. The highest BCUT2D eigenvalue weighted by molar-refractivity contribution is 5.93. The van der Waals surface area contributed by atoms with Crippen molar-refractivity contribution >= 4 is 22.7 Å². The van der Waals surface area contributed by atoms with E-state index in [0.717, 1.165) is 10.1 Å². The topological polar surface area (TPSA) is 84.6 Å². The lowest BCUT2D eigenvalue weighted by Crippen LogP contribution is -2.43. The van der Waals surface area contributed by atoms with Crippen molar-refractivity contribution in [3.63, 3.8) is 0 Å². The first kappa shape index (κ1) is 23.0. The largest absolute Gasteiger partial charge is 0.345 e. The zero-order chi connectivity index (χ0) is 23.4. The fraction of sp³-hybridized carbons (Fsp3) is 0.333. The van der Waals surface area contributed by atoms with Crippen LogP contribution in [0.2, 0.25) is 0 Å². The Labute approximate surface area is 186 Å². The Hall–Kier alpha value is -3.68. The van der Waals surface area contributed by atoms with Crippen LogP contribution in [0.1, 0.15) is 29.8 Å². The van der Waals surface area contributed by atoms with Crippen LogP contribution < -0.4 is 11.2 Å². The highest BCUT2D eigenvalue weighted by atomic mass is 16.2. The van der Waals surface area contributed by atoms with Crippen LogP contribution in [-0.4, -0.2) is 51.4 Å². The lowest BCUT2D eigenvalue weighted by atomic mass is 10.1. The molecular weight excluding hydrogens is 408 g/mol. The molecule has 2 amide bonds. The second-order valence-corrected chi connectivity index (χ2v) is 7.74. The summed E-state index contributed by atoms with van der Waals surface area (Å²) in [5, 5.41) is 0.408. The van der Waals surface area contributed by atoms with E-state index in [-0.39, 0.29) is 30.5 Å². The Morgan fingerprint density at radius 2 is 1.56 bits per heavy atom. The van der Waals surface area contributed by atoms with E-state index >= 15 is 0 Å². The quantitative estimate of drug-likeness (QED) is 0.567. The van der Waals surface area contributed by atoms with E-state index in [1.54, 1.807) is 62.3 Å². The molecule has 0 aliphatic rings. The average molecular weight is 437 g/mol. The monoisotopic (exact) mass is 436 g/mol. The van der Waals surface area contributed by atoms with E-state index in [1.807, 2.05) is 19.1 Å². The zero-order valence-corrected chi connectivity index (χ0v) is 18.9. The average Bonchev–Trinajstić information content (AvgIpc) is 2.80. The molecule has 0 N–H and O–H groups in total. The minimum Gasteiger partial charge on any atom is -0.345 e. The van der Waals surface area contributed by atoms with E-state index in [1.165, 1.54) is 9.47 Å². The molecule has 32 heavy (non-hydrogen) atoms. The maximum Gasteiger partial charge on any atom is 0.331 e. The lowest BCUT2D eigenvalue weighted by molar-refractivity contribution is -0.132. The van der Waals surface area contributed by atoms with Gasteiger partial charge in [-0.25, -0.2) is 4.79 Å². The first-order valence-electron chi connectivity index (χ1n) is 10.6. The van der Waals surface area contributed by atoms with Crippen LogP contribution in [0.25, 0.3) is 10.9 Å². The van der Waals surface area contributed by atoms with Crippen LogP contribution in [0, 0.1) is 0 Å². The first-order chi connectivity index (χ1) is 15.3. The van der Waals surface area contributed by atoms with Crippen LogP contribution in [0.5, 0.6) is 0 Å². The number of likely N-dealkylation sites (N-methyl/N-ethyl adjacent to an activating group) is 1. The van der Waals surface area contributed by atoms with Crippen LogP contribution in [-0.2, 0) is 24.4 Å². The molecule has 168 valence electrons. The third-order valence-electron chi connectivity index (χ3n) is 5.46. The number of hydrogen-bond donors (Lipinski definition) is 0. The number of para-hydroxylation sites is 1. The summed E-state index contributed by atoms with van der Waals surface area (Å²) in [6, 6.07) is 14.0. The molecule has 0 atom stereocenters. The van der Waals surface area contributed by atoms with Crippen molar-refractivity contribution in [1.82, 2.24) is 18.9 Å². The Morgan fingerprint density at radius 3 is 2.16 bits per heavy atom. The summed E-state index contributed by atoms with van der Waals surface area (Å²) in [6.45, 7) is 4.47. The van der Waals surface area contributed by atoms with Gasteiger partial charge in [-0.15, -0.1) is 0 Å². The van der Waals surface area contributed by atoms with Crippen LogP contribution in [0.4, 0.5) is 0 Å². The van der Waals surface area contributed by atoms with E-state index < -0.39 is 5.69 Å². The highest BCUT2D eigenvalue weighted by Gasteiger charge is 2.18. The van der Waals surface area contributed by atoms with Gasteiger partial charge in [0, 0.05) is 39.3 Å². The van der Waals surface area contributed by atoms with Crippen molar-refractivity contribution in [1.29, 1.82) is 0 Å². The number of hydrogen-bond acceptors (Lipinski definition) is 4. The van der Waals surface area contributed by atoms with Crippen molar-refractivity contribution in [3.05, 3.63) is 80.5 Å². The summed E-state index contributed by atoms with van der Waals surface area (Å²) in [5.74, 6) is -0.313. The lowest BCUT2D eigenvalue weighted by Gasteiger charge is -2.22. The summed E-state index contributed by atoms with van der Waals surface area (Å²) < 4.78 is 2.51. The van der Waals surface area contributed by atoms with Gasteiger partial charge in [0.15, 0.2) is 0 Å². The van der Waals surface area contributed by atoms with Gasteiger partial charge in [0.1, 0.15) is 6.54 Å². The molecule has 2 aromatic carbocycles. The molecule has 0 radical (unpaired) electrons. The molecule has 3 aromatic rings. The maximum absolute atomic E-state index is 13.1. The molecule has 0 saturated heterocycles. The summed E-state index contributed by atoms with van der Waals surface area (Å²) in [4.78, 5) is 53.8. The Bertz CT molecular complexity index is 1260. The smallest absolute Gasteiger partial charge is 0.331 e. The maximum atomic E-state index is 13.1. The van der Waals surface area contributed by atoms with Crippen LogP contribution in [0.15, 0.2) is 58.1 Å². The van der Waals surface area contributed by atoms with Gasteiger partial charge in [-0.05, 0) is 43.7 Å². The van der Waals surface area contributed by atoms with Gasteiger partial charge in [-0.2, -0.15) is 0 Å². The Morgan fingerprint density at radius 1 is 0.906 bits per heavy atom. The molecule has 0 spiro atoms. The first-order valence-corrected chi connectivity index (χ1v) is 10.6. The van der Waals surface area contributed by atoms with Crippen LogP contribution >= 0.6 is 0 Å². The SMILES string of the molecule is CCN(Cc1ccc(C(=O)N(C)C)cc1)C(=O)Cn1c(=O)n(CC)c(=O)c2ccccc21. The molecule has 0 aliphatic carbocycles. The van der Waals surface area contributed by atoms with Gasteiger partial charge < -0.3 is 9.80 Å². The van der Waals surface area contributed by atoms with Gasteiger partial charge in [0.05, 0.1) is 10.9 Å². The Kier molecular flexibility index (Phi) is 6.92. The molecular formula is C24H28N4O4. The van der Waals surface area contributed by atoms with Gasteiger partial charge in [-0.3, -0.25) is 23.5 Å². The van der Waals surface area contributed by atoms with E-state index in [4.69, 9.17) is 0 Å². The van der Waals surface area contributed by atoms with Crippen molar-refractivity contribution in [2.75, 3.05) is 20.6 Å². The second kappa shape index (κ2) is 9.64. The standard InChI is InChI=1S/C24H28N4O4/c1-5-26(15-17-11-13-18(14-12-17)22(30)25(3)4)21(29)16-28-20-10-8-7-9-19(20)23(31)27(6-2)24(28)32/h7-14H,5-6,15-16H2,1-4H3. The van der Waals surface area contributed by atoms with Crippen molar-refractivity contribution in [2.45, 2.75) is 33.5 Å². The van der Waals surface area contributed by atoms with E-state index in [9.17, 15) is 19.2 Å². The summed E-state index contributed by atoms with van der Waals surface area (Å²) in [7, 11) is 3.39. The van der Waals surface area contributed by atoms with E-state index in [0.29, 0.717) is 29.6 Å². The molecule has 0 fully saturated rings. The summed E-state index contributed by atoms with van der Waals surface area (Å²) >= 11 is 0. The predicted molar refractivity (Wildman–Crippen MR) is 124 cm³/mol. The molecule has 0 saturated carbocycles. The number of benzene rings is 2. The molecule has 8 nitrogen and oxygen atoms in total. The summed E-state index contributed by atoms with van der Waals surface area (Å²) in [5.41, 5.74) is 1.06. The van der Waals surface area contributed by atoms with Crippen molar-refractivity contribution in [3.8, 4) is 0 Å². The number of carbonyl (C=O) groups is 2. The third kappa shape index (κ3) is 4.49. The van der Waals surface area contributed by atoms with Crippen molar-refractivity contribution in [2.24, 2.45) is 0 Å². The number of amides is 2. The summed E-state index contributed by atoms with van der Waals surface area (Å²) in [6.07, 6.45) is 0. The van der Waals surface area contributed by atoms with E-state index in [2.05, 4.69) is 0 Å². The zero-order valence-electron chi connectivity index (χ0n) is 18.9. The van der Waals surface area contributed by atoms with Gasteiger partial charge in [-0.1, -0.05) is 24.3 Å². The normalized spacial score (nSPS) is 10.9. The fourth-order valence-corrected chi connectivity index (χ4v) is 3.65. The number of rotatable bonds is 7. The van der Waals surface area contributed by atoms with Crippen molar-refractivity contribution < 1.29 is 9.59 Å². The highest BCUT2D eigenvalue weighted by Crippen LogP contribution is 2.12. The molecule has 3 rings (SSSR count). The number of fused-ring (bicyclic) bond motifs is 1. The fourth-order valence-electron chi connectivity index (χ4n) is 3.65. The minimum absolute atomic E-state index is 0.0859.